The maximum Gasteiger partial charge on any atom is 0.233 e. The van der Waals surface area contributed by atoms with Crippen LogP contribution in [-0.4, -0.2) is 14.5 Å². The molecule has 1 aliphatic rings. The van der Waals surface area contributed by atoms with E-state index in [1.54, 1.807) is 0 Å². The van der Waals surface area contributed by atoms with Crippen molar-refractivity contribution in [3.05, 3.63) is 95.3 Å². The zero-order chi connectivity index (χ0) is 25.0. The van der Waals surface area contributed by atoms with E-state index >= 15 is 0 Å². The summed E-state index contributed by atoms with van der Waals surface area (Å²) in [5.41, 5.74) is 6.30. The van der Waals surface area contributed by atoms with Crippen molar-refractivity contribution in [2.45, 2.75) is 12.8 Å². The highest BCUT2D eigenvalue weighted by Crippen LogP contribution is 2.49. The molecule has 0 unspecified atom stereocenters. The van der Waals surface area contributed by atoms with Crippen molar-refractivity contribution >= 4 is 93.1 Å². The SMILES string of the molecule is Clc1nc(-n2c3ccccc3c3c4c(c5sc6ccccc6c5c32)C=CCC4)c2c(n1)oc1ccccc12. The number of aromatic nitrogens is 3. The van der Waals surface area contributed by atoms with E-state index in [2.05, 4.69) is 76.3 Å². The maximum atomic E-state index is 6.58. The van der Waals surface area contributed by atoms with Crippen LogP contribution in [0.4, 0.5) is 0 Å². The number of halogens is 1. The highest BCUT2D eigenvalue weighted by atomic mass is 35.5. The van der Waals surface area contributed by atoms with E-state index in [1.807, 2.05) is 29.5 Å². The third-order valence-corrected chi connectivity index (χ3v) is 9.20. The summed E-state index contributed by atoms with van der Waals surface area (Å²) in [4.78, 5) is 9.38. The summed E-state index contributed by atoms with van der Waals surface area (Å²) < 4.78 is 11.1. The fourth-order valence-electron chi connectivity index (χ4n) is 6.35. The third kappa shape index (κ3) is 2.60. The van der Waals surface area contributed by atoms with Crippen molar-refractivity contribution in [1.29, 1.82) is 0 Å². The Kier molecular flexibility index (Phi) is 4.08. The Morgan fingerprint density at radius 1 is 0.816 bits per heavy atom. The molecular weight excluding hydrogens is 510 g/mol. The Labute approximate surface area is 225 Å². The second-order valence-electron chi connectivity index (χ2n) is 9.81. The Hall–Kier alpha value is -4.19. The van der Waals surface area contributed by atoms with Gasteiger partial charge in [-0.3, -0.25) is 4.57 Å². The number of rotatable bonds is 1. The van der Waals surface area contributed by atoms with Crippen LogP contribution in [0.2, 0.25) is 5.28 Å². The molecule has 4 aromatic heterocycles. The lowest BCUT2D eigenvalue weighted by atomic mass is 9.90. The molecule has 8 aromatic rings. The fraction of sp³-hybridized carbons (Fsp3) is 0.0625. The van der Waals surface area contributed by atoms with Gasteiger partial charge in [-0.15, -0.1) is 11.3 Å². The monoisotopic (exact) mass is 527 g/mol. The standard InChI is InChI=1S/C32H18ClN3OS/c33-32-34-30(27-20-12-4-7-15-23(20)37-31(27)35-32)36-22-14-6-3-11-19(22)25-17-9-1-2-10-18(17)29-26(28(25)36)21-13-5-8-16-24(21)38-29/h2-8,10-16H,1,9H2. The molecule has 180 valence electrons. The van der Waals surface area contributed by atoms with Gasteiger partial charge in [0.05, 0.1) is 16.4 Å². The maximum absolute atomic E-state index is 6.58. The number of thiophene rings is 1. The minimum atomic E-state index is 0.171. The van der Waals surface area contributed by atoms with E-state index in [1.165, 1.54) is 47.6 Å². The number of hydrogen-bond acceptors (Lipinski definition) is 4. The van der Waals surface area contributed by atoms with Crippen molar-refractivity contribution in [2.75, 3.05) is 0 Å². The molecule has 0 saturated heterocycles. The molecule has 38 heavy (non-hydrogen) atoms. The van der Waals surface area contributed by atoms with Crippen LogP contribution in [0.5, 0.6) is 0 Å². The summed E-state index contributed by atoms with van der Waals surface area (Å²) in [6.45, 7) is 0. The van der Waals surface area contributed by atoms with E-state index < -0.39 is 0 Å². The first-order valence-electron chi connectivity index (χ1n) is 12.7. The molecule has 0 N–H and O–H groups in total. The molecule has 0 bridgehead atoms. The van der Waals surface area contributed by atoms with Crippen LogP contribution in [0, 0.1) is 0 Å². The first kappa shape index (κ1) is 20.8. The highest BCUT2D eigenvalue weighted by molar-refractivity contribution is 7.26. The molecule has 1 aliphatic carbocycles. The lowest BCUT2D eigenvalue weighted by Crippen LogP contribution is -2.02. The predicted molar refractivity (Wildman–Crippen MR) is 159 cm³/mol. The normalized spacial score (nSPS) is 13.6. The Morgan fingerprint density at radius 3 is 2.53 bits per heavy atom. The van der Waals surface area contributed by atoms with Gasteiger partial charge in [0, 0.05) is 36.3 Å². The molecule has 0 radical (unpaired) electrons. The van der Waals surface area contributed by atoms with E-state index in [0.717, 1.165) is 40.5 Å². The van der Waals surface area contributed by atoms with Crippen LogP contribution in [0.15, 0.2) is 83.3 Å². The topological polar surface area (TPSA) is 43.9 Å². The predicted octanol–water partition coefficient (Wildman–Crippen LogP) is 9.45. The smallest absolute Gasteiger partial charge is 0.233 e. The average Bonchev–Trinajstić information content (AvgIpc) is 3.62. The third-order valence-electron chi connectivity index (χ3n) is 7.83. The van der Waals surface area contributed by atoms with Gasteiger partial charge in [0.25, 0.3) is 0 Å². The van der Waals surface area contributed by atoms with Gasteiger partial charge in [0.15, 0.2) is 5.82 Å². The number of fused-ring (bicyclic) bond motifs is 13. The second kappa shape index (κ2) is 7.44. The van der Waals surface area contributed by atoms with Crippen molar-refractivity contribution in [3.63, 3.8) is 0 Å². The molecule has 4 nitrogen and oxygen atoms in total. The zero-order valence-electron chi connectivity index (χ0n) is 20.0. The Balaban J connectivity index is 1.62. The molecule has 0 spiro atoms. The summed E-state index contributed by atoms with van der Waals surface area (Å²) in [6, 6.07) is 25.4. The van der Waals surface area contributed by atoms with Crippen molar-refractivity contribution in [1.82, 2.24) is 14.5 Å². The number of furan rings is 1. The highest BCUT2D eigenvalue weighted by Gasteiger charge is 2.27. The second-order valence-corrected chi connectivity index (χ2v) is 11.2. The van der Waals surface area contributed by atoms with Crippen LogP contribution in [0.3, 0.4) is 0 Å². The quantitative estimate of drug-likeness (QED) is 0.200. The van der Waals surface area contributed by atoms with Gasteiger partial charge >= 0.3 is 0 Å². The zero-order valence-corrected chi connectivity index (χ0v) is 21.6. The van der Waals surface area contributed by atoms with Crippen LogP contribution in [-0.2, 0) is 6.42 Å². The van der Waals surface area contributed by atoms with Crippen molar-refractivity contribution in [3.8, 4) is 5.82 Å². The summed E-state index contributed by atoms with van der Waals surface area (Å²) >= 11 is 8.45. The van der Waals surface area contributed by atoms with Crippen LogP contribution in [0.1, 0.15) is 17.5 Å². The number of allylic oxidation sites excluding steroid dienone is 1. The van der Waals surface area contributed by atoms with Crippen LogP contribution >= 0.6 is 22.9 Å². The van der Waals surface area contributed by atoms with Gasteiger partial charge in [-0.05, 0) is 53.8 Å². The van der Waals surface area contributed by atoms with E-state index in [0.29, 0.717) is 5.71 Å². The van der Waals surface area contributed by atoms with Gasteiger partial charge in [0.2, 0.25) is 11.0 Å². The van der Waals surface area contributed by atoms with Gasteiger partial charge < -0.3 is 4.42 Å². The molecule has 0 amide bonds. The van der Waals surface area contributed by atoms with Crippen LogP contribution < -0.4 is 0 Å². The number of nitrogens with zero attached hydrogens (tertiary/aromatic N) is 3. The molecule has 6 heteroatoms. The average molecular weight is 528 g/mol. The molecule has 0 fully saturated rings. The van der Waals surface area contributed by atoms with Crippen molar-refractivity contribution < 1.29 is 4.42 Å². The minimum absolute atomic E-state index is 0.171. The van der Waals surface area contributed by atoms with Gasteiger partial charge in [0.1, 0.15) is 5.58 Å². The van der Waals surface area contributed by atoms with E-state index in [-0.39, 0.29) is 5.28 Å². The molecule has 0 aliphatic heterocycles. The molecule has 9 rings (SSSR count). The largest absolute Gasteiger partial charge is 0.437 e. The number of para-hydroxylation sites is 2. The Bertz CT molecular complexity index is 2320. The van der Waals surface area contributed by atoms with Crippen LogP contribution in [0.25, 0.3) is 75.9 Å². The first-order chi connectivity index (χ1) is 18.8. The summed E-state index contributed by atoms with van der Waals surface area (Å²) in [5.74, 6) is 0.749. The molecule has 4 aromatic carbocycles. The van der Waals surface area contributed by atoms with E-state index in [4.69, 9.17) is 21.0 Å². The lowest BCUT2D eigenvalue weighted by molar-refractivity contribution is 0.652. The summed E-state index contributed by atoms with van der Waals surface area (Å²) in [5, 5.41) is 7.07. The van der Waals surface area contributed by atoms with Gasteiger partial charge in [-0.1, -0.05) is 66.7 Å². The molecular formula is C32H18ClN3OS. The molecule has 4 heterocycles. The summed E-state index contributed by atoms with van der Waals surface area (Å²) in [6.07, 6.45) is 6.68. The summed E-state index contributed by atoms with van der Waals surface area (Å²) in [7, 11) is 0. The number of hydrogen-bond donors (Lipinski definition) is 0. The lowest BCUT2D eigenvalue weighted by Gasteiger charge is -2.16. The number of benzene rings is 4. The first-order valence-corrected chi connectivity index (χ1v) is 13.9. The minimum Gasteiger partial charge on any atom is -0.437 e. The van der Waals surface area contributed by atoms with Crippen molar-refractivity contribution in [2.24, 2.45) is 0 Å². The molecule has 0 atom stereocenters. The fourth-order valence-corrected chi connectivity index (χ4v) is 7.76. The number of aryl methyl sites for hydroxylation is 1. The van der Waals surface area contributed by atoms with Gasteiger partial charge in [-0.2, -0.15) is 9.97 Å². The molecule has 0 saturated carbocycles. The Morgan fingerprint density at radius 2 is 1.61 bits per heavy atom. The van der Waals surface area contributed by atoms with Gasteiger partial charge in [-0.25, -0.2) is 0 Å². The van der Waals surface area contributed by atoms with E-state index in [9.17, 15) is 0 Å².